The van der Waals surface area contributed by atoms with Crippen LogP contribution in [0.3, 0.4) is 0 Å². The first kappa shape index (κ1) is 9.44. The third-order valence-corrected chi connectivity index (χ3v) is 2.23. The van der Waals surface area contributed by atoms with Crippen molar-refractivity contribution < 1.29 is 10.2 Å². The van der Waals surface area contributed by atoms with Crippen molar-refractivity contribution in [2.75, 3.05) is 18.5 Å². The highest BCUT2D eigenvalue weighted by Gasteiger charge is 2.06. The van der Waals surface area contributed by atoms with E-state index in [1.165, 1.54) is 11.3 Å². The molecule has 3 N–H and O–H groups in total. The van der Waals surface area contributed by atoms with Gasteiger partial charge in [-0.3, -0.25) is 0 Å². The lowest BCUT2D eigenvalue weighted by molar-refractivity contribution is 0.204. The van der Waals surface area contributed by atoms with Gasteiger partial charge in [-0.1, -0.05) is 0 Å². The molecule has 0 aromatic carbocycles. The SMILES string of the molecule is Cc1cnc(NC(CO)CO)s1. The van der Waals surface area contributed by atoms with E-state index in [0.29, 0.717) is 0 Å². The summed E-state index contributed by atoms with van der Waals surface area (Å²) in [7, 11) is 0. The molecule has 5 heteroatoms. The molecule has 0 bridgehead atoms. The molecule has 1 heterocycles. The molecule has 0 saturated carbocycles. The normalized spacial score (nSPS) is 10.7. The molecule has 0 radical (unpaired) electrons. The summed E-state index contributed by atoms with van der Waals surface area (Å²) in [5.74, 6) is 0. The van der Waals surface area contributed by atoms with Crippen LogP contribution in [0.2, 0.25) is 0 Å². The Hall–Kier alpha value is -0.650. The van der Waals surface area contributed by atoms with Crippen LogP contribution in [0.15, 0.2) is 6.20 Å². The van der Waals surface area contributed by atoms with Gasteiger partial charge in [0.2, 0.25) is 0 Å². The van der Waals surface area contributed by atoms with E-state index in [4.69, 9.17) is 10.2 Å². The summed E-state index contributed by atoms with van der Waals surface area (Å²) in [6.07, 6.45) is 1.75. The minimum absolute atomic E-state index is 0.0882. The van der Waals surface area contributed by atoms with Gasteiger partial charge in [0.25, 0.3) is 0 Å². The molecule has 12 heavy (non-hydrogen) atoms. The van der Waals surface area contributed by atoms with Crippen molar-refractivity contribution in [3.8, 4) is 0 Å². The van der Waals surface area contributed by atoms with Crippen LogP contribution < -0.4 is 5.32 Å². The number of nitrogens with one attached hydrogen (secondary N) is 1. The van der Waals surface area contributed by atoms with E-state index in [0.717, 1.165) is 10.0 Å². The predicted molar refractivity (Wildman–Crippen MR) is 48.4 cm³/mol. The van der Waals surface area contributed by atoms with Gasteiger partial charge in [-0.25, -0.2) is 4.98 Å². The molecular formula is C7H12N2O2S. The summed E-state index contributed by atoms with van der Waals surface area (Å²) in [6, 6.07) is -0.310. The number of aromatic nitrogens is 1. The Labute approximate surface area is 74.9 Å². The second-order valence-corrected chi connectivity index (χ2v) is 3.72. The van der Waals surface area contributed by atoms with Crippen LogP contribution in [0.25, 0.3) is 0 Å². The van der Waals surface area contributed by atoms with Crippen LogP contribution in [0.4, 0.5) is 5.13 Å². The van der Waals surface area contributed by atoms with E-state index in [9.17, 15) is 0 Å². The molecule has 0 saturated heterocycles. The molecule has 4 nitrogen and oxygen atoms in total. The van der Waals surface area contributed by atoms with Crippen molar-refractivity contribution in [1.29, 1.82) is 0 Å². The van der Waals surface area contributed by atoms with Crippen molar-refractivity contribution in [1.82, 2.24) is 4.98 Å². The Kier molecular flexibility index (Phi) is 3.46. The zero-order valence-corrected chi connectivity index (χ0v) is 7.64. The van der Waals surface area contributed by atoms with Crippen molar-refractivity contribution in [2.24, 2.45) is 0 Å². The van der Waals surface area contributed by atoms with Crippen molar-refractivity contribution >= 4 is 16.5 Å². The molecule has 1 aromatic rings. The Morgan fingerprint density at radius 3 is 2.67 bits per heavy atom. The average Bonchev–Trinajstić information content (AvgIpc) is 2.47. The predicted octanol–water partition coefficient (Wildman–Crippen LogP) is 0.217. The third-order valence-electron chi connectivity index (χ3n) is 1.39. The molecule has 0 aliphatic heterocycles. The van der Waals surface area contributed by atoms with Crippen LogP contribution in [0, 0.1) is 6.92 Å². The topological polar surface area (TPSA) is 65.4 Å². The summed E-state index contributed by atoms with van der Waals surface area (Å²) in [6.45, 7) is 1.78. The molecule has 0 aliphatic carbocycles. The lowest BCUT2D eigenvalue weighted by Gasteiger charge is -2.11. The summed E-state index contributed by atoms with van der Waals surface area (Å²) in [5.41, 5.74) is 0. The summed E-state index contributed by atoms with van der Waals surface area (Å²) in [4.78, 5) is 5.14. The van der Waals surface area contributed by atoms with Crippen LogP contribution in [0.1, 0.15) is 4.88 Å². The van der Waals surface area contributed by atoms with E-state index in [1.807, 2.05) is 6.92 Å². The van der Waals surface area contributed by atoms with Crippen LogP contribution in [-0.2, 0) is 0 Å². The lowest BCUT2D eigenvalue weighted by Crippen LogP contribution is -2.27. The highest BCUT2D eigenvalue weighted by molar-refractivity contribution is 7.15. The van der Waals surface area contributed by atoms with E-state index in [-0.39, 0.29) is 19.3 Å². The van der Waals surface area contributed by atoms with Gasteiger partial charge in [0.05, 0.1) is 19.3 Å². The maximum absolute atomic E-state index is 8.75. The molecule has 0 aliphatic rings. The smallest absolute Gasteiger partial charge is 0.183 e. The number of anilines is 1. The highest BCUT2D eigenvalue weighted by Crippen LogP contribution is 2.16. The zero-order valence-electron chi connectivity index (χ0n) is 6.82. The summed E-state index contributed by atoms with van der Waals surface area (Å²) >= 11 is 1.50. The second-order valence-electron chi connectivity index (χ2n) is 2.48. The van der Waals surface area contributed by atoms with Gasteiger partial charge in [-0.15, -0.1) is 11.3 Å². The average molecular weight is 188 g/mol. The first-order valence-electron chi connectivity index (χ1n) is 3.67. The van der Waals surface area contributed by atoms with E-state index in [2.05, 4.69) is 10.3 Å². The van der Waals surface area contributed by atoms with Crippen LogP contribution in [-0.4, -0.2) is 34.5 Å². The van der Waals surface area contributed by atoms with Gasteiger partial charge >= 0.3 is 0 Å². The van der Waals surface area contributed by atoms with Crippen LogP contribution >= 0.6 is 11.3 Å². The maximum atomic E-state index is 8.75. The largest absolute Gasteiger partial charge is 0.394 e. The third kappa shape index (κ3) is 2.44. The van der Waals surface area contributed by atoms with E-state index in [1.54, 1.807) is 6.20 Å². The van der Waals surface area contributed by atoms with Crippen LogP contribution in [0.5, 0.6) is 0 Å². The van der Waals surface area contributed by atoms with Gasteiger partial charge < -0.3 is 15.5 Å². The quantitative estimate of drug-likeness (QED) is 0.632. The molecule has 0 atom stereocenters. The first-order chi connectivity index (χ1) is 5.76. The number of hydrogen-bond donors (Lipinski definition) is 3. The maximum Gasteiger partial charge on any atom is 0.183 e. The number of aliphatic hydroxyl groups excluding tert-OH is 2. The highest BCUT2D eigenvalue weighted by atomic mass is 32.1. The zero-order chi connectivity index (χ0) is 8.97. The van der Waals surface area contributed by atoms with Crippen molar-refractivity contribution in [3.63, 3.8) is 0 Å². The van der Waals surface area contributed by atoms with Gasteiger partial charge in [-0.05, 0) is 6.92 Å². The summed E-state index contributed by atoms with van der Waals surface area (Å²) < 4.78 is 0. The van der Waals surface area contributed by atoms with E-state index >= 15 is 0 Å². The Morgan fingerprint density at radius 2 is 2.25 bits per heavy atom. The number of thiazole rings is 1. The minimum atomic E-state index is -0.310. The molecule has 0 spiro atoms. The van der Waals surface area contributed by atoms with Crippen molar-refractivity contribution in [3.05, 3.63) is 11.1 Å². The second kappa shape index (κ2) is 4.39. The minimum Gasteiger partial charge on any atom is -0.394 e. The summed E-state index contributed by atoms with van der Waals surface area (Å²) in [5, 5.41) is 21.1. The number of rotatable bonds is 4. The number of aryl methyl sites for hydroxylation is 1. The molecule has 68 valence electrons. The van der Waals surface area contributed by atoms with Gasteiger partial charge in [0, 0.05) is 11.1 Å². The lowest BCUT2D eigenvalue weighted by atomic mass is 10.3. The fourth-order valence-corrected chi connectivity index (χ4v) is 1.49. The number of nitrogens with zero attached hydrogens (tertiary/aromatic N) is 1. The van der Waals surface area contributed by atoms with Gasteiger partial charge in [0.1, 0.15) is 0 Å². The number of aliphatic hydroxyl groups is 2. The van der Waals surface area contributed by atoms with Gasteiger partial charge in [0.15, 0.2) is 5.13 Å². The molecular weight excluding hydrogens is 176 g/mol. The monoisotopic (exact) mass is 188 g/mol. The van der Waals surface area contributed by atoms with Gasteiger partial charge in [-0.2, -0.15) is 0 Å². The fourth-order valence-electron chi connectivity index (χ4n) is 0.745. The molecule has 1 rings (SSSR count). The van der Waals surface area contributed by atoms with Crippen molar-refractivity contribution in [2.45, 2.75) is 13.0 Å². The standard InChI is InChI=1S/C7H12N2O2S/c1-5-2-8-7(12-5)9-6(3-10)4-11/h2,6,10-11H,3-4H2,1H3,(H,8,9). The Balaban J connectivity index is 2.50. The Bertz CT molecular complexity index is 235. The molecule has 1 aromatic heterocycles. The molecule has 0 fully saturated rings. The Morgan fingerprint density at radius 1 is 1.58 bits per heavy atom. The molecule has 0 unspecified atom stereocenters. The fraction of sp³-hybridized carbons (Fsp3) is 0.571. The molecule has 0 amide bonds. The van der Waals surface area contributed by atoms with E-state index < -0.39 is 0 Å². The number of hydrogen-bond acceptors (Lipinski definition) is 5. The first-order valence-corrected chi connectivity index (χ1v) is 4.48.